The first-order chi connectivity index (χ1) is 9.10. The quantitative estimate of drug-likeness (QED) is 0.779. The lowest BCUT2D eigenvalue weighted by Crippen LogP contribution is -2.10. The summed E-state index contributed by atoms with van der Waals surface area (Å²) in [6.45, 7) is 1.83. The van der Waals surface area contributed by atoms with Gasteiger partial charge in [-0.15, -0.1) is 11.3 Å². The van der Waals surface area contributed by atoms with Crippen LogP contribution < -0.4 is 4.74 Å². The number of ketones is 1. The lowest BCUT2D eigenvalue weighted by molar-refractivity contribution is 0.0925. The molecule has 2 aromatic rings. The van der Waals surface area contributed by atoms with E-state index in [0.29, 0.717) is 4.88 Å². The molecule has 0 atom stereocenters. The van der Waals surface area contributed by atoms with Gasteiger partial charge < -0.3 is 4.74 Å². The van der Waals surface area contributed by atoms with Crippen molar-refractivity contribution < 1.29 is 18.3 Å². The molecule has 2 nitrogen and oxygen atoms in total. The molecule has 19 heavy (non-hydrogen) atoms. The van der Waals surface area contributed by atoms with Gasteiger partial charge in [-0.25, -0.2) is 8.78 Å². The van der Waals surface area contributed by atoms with Crippen molar-refractivity contribution in [2.75, 3.05) is 6.61 Å². The molecule has 2 rings (SSSR count). The fourth-order valence-corrected chi connectivity index (χ4v) is 2.38. The molecule has 0 unspecified atom stereocenters. The molecular formula is C14H12F2O2S. The average molecular weight is 282 g/mol. The van der Waals surface area contributed by atoms with Crippen LogP contribution >= 0.6 is 11.3 Å². The molecular weight excluding hydrogens is 270 g/mol. The summed E-state index contributed by atoms with van der Waals surface area (Å²) in [5.41, 5.74) is 0. The Morgan fingerprint density at radius 2 is 2.00 bits per heavy atom. The van der Waals surface area contributed by atoms with Crippen molar-refractivity contribution >= 4 is 17.1 Å². The van der Waals surface area contributed by atoms with E-state index >= 15 is 0 Å². The second-order valence-electron chi connectivity index (χ2n) is 3.91. The van der Waals surface area contributed by atoms with Crippen LogP contribution in [0.25, 0.3) is 0 Å². The van der Waals surface area contributed by atoms with Crippen molar-refractivity contribution in [3.05, 3.63) is 51.7 Å². The Labute approximate surface area is 113 Å². The number of aryl methyl sites for hydroxylation is 1. The third-order valence-corrected chi connectivity index (χ3v) is 3.82. The third-order valence-electron chi connectivity index (χ3n) is 2.55. The van der Waals surface area contributed by atoms with Gasteiger partial charge in [0.2, 0.25) is 5.78 Å². The Kier molecular flexibility index (Phi) is 4.27. The molecule has 0 aliphatic rings. The van der Waals surface area contributed by atoms with Crippen LogP contribution in [-0.4, -0.2) is 12.4 Å². The van der Waals surface area contributed by atoms with Crippen LogP contribution in [0.15, 0.2) is 30.3 Å². The molecule has 0 N–H and O–H groups in total. The number of hydrogen-bond acceptors (Lipinski definition) is 3. The highest BCUT2D eigenvalue weighted by Crippen LogP contribution is 2.19. The van der Waals surface area contributed by atoms with Gasteiger partial charge in [0.1, 0.15) is 5.75 Å². The second-order valence-corrected chi connectivity index (χ2v) is 5.08. The first-order valence-corrected chi connectivity index (χ1v) is 6.61. The van der Waals surface area contributed by atoms with Crippen LogP contribution in [0.1, 0.15) is 21.5 Å². The number of hydrogen-bond donors (Lipinski definition) is 0. The molecule has 0 amide bonds. The fourth-order valence-electron chi connectivity index (χ4n) is 1.50. The lowest BCUT2D eigenvalue weighted by atomic mass is 10.3. The van der Waals surface area contributed by atoms with Crippen LogP contribution in [0, 0.1) is 11.6 Å². The summed E-state index contributed by atoms with van der Waals surface area (Å²) >= 11 is 1.42. The van der Waals surface area contributed by atoms with Crippen molar-refractivity contribution in [2.45, 2.75) is 13.3 Å². The Morgan fingerprint density at radius 3 is 2.63 bits per heavy atom. The first-order valence-electron chi connectivity index (χ1n) is 5.80. The highest BCUT2D eigenvalue weighted by Gasteiger charge is 2.10. The van der Waals surface area contributed by atoms with E-state index in [0.717, 1.165) is 23.4 Å². The number of rotatable bonds is 5. The Balaban J connectivity index is 1.98. The van der Waals surface area contributed by atoms with Gasteiger partial charge in [-0.1, -0.05) is 6.92 Å². The van der Waals surface area contributed by atoms with Crippen LogP contribution in [0.2, 0.25) is 0 Å². The molecule has 0 fully saturated rings. The van der Waals surface area contributed by atoms with E-state index in [9.17, 15) is 13.6 Å². The zero-order valence-corrected chi connectivity index (χ0v) is 11.1. The average Bonchev–Trinajstić information content (AvgIpc) is 2.88. The SMILES string of the molecule is CCc1ccc(C(=O)COc2ccc(F)c(F)c2)s1. The summed E-state index contributed by atoms with van der Waals surface area (Å²) in [6.07, 6.45) is 0.877. The van der Waals surface area contributed by atoms with E-state index in [4.69, 9.17) is 4.74 Å². The molecule has 0 aliphatic heterocycles. The highest BCUT2D eigenvalue weighted by molar-refractivity contribution is 7.14. The molecule has 0 radical (unpaired) electrons. The van der Waals surface area contributed by atoms with E-state index in [2.05, 4.69) is 0 Å². The van der Waals surface area contributed by atoms with E-state index in [1.54, 1.807) is 6.07 Å². The lowest BCUT2D eigenvalue weighted by Gasteiger charge is -2.04. The predicted molar refractivity (Wildman–Crippen MR) is 69.9 cm³/mol. The van der Waals surface area contributed by atoms with Crippen LogP contribution in [-0.2, 0) is 6.42 Å². The van der Waals surface area contributed by atoms with Crippen LogP contribution in [0.5, 0.6) is 5.75 Å². The number of benzene rings is 1. The number of halogens is 2. The maximum Gasteiger partial charge on any atom is 0.210 e. The zero-order valence-electron chi connectivity index (χ0n) is 10.3. The molecule has 0 saturated carbocycles. The van der Waals surface area contributed by atoms with Crippen molar-refractivity contribution in [1.82, 2.24) is 0 Å². The van der Waals surface area contributed by atoms with E-state index in [1.807, 2.05) is 13.0 Å². The summed E-state index contributed by atoms with van der Waals surface area (Å²) in [6, 6.07) is 6.83. The smallest absolute Gasteiger partial charge is 0.210 e. The topological polar surface area (TPSA) is 26.3 Å². The number of carbonyl (C=O) groups excluding carboxylic acids is 1. The zero-order chi connectivity index (χ0) is 13.8. The summed E-state index contributed by atoms with van der Waals surface area (Å²) < 4.78 is 30.8. The number of Topliss-reactive ketones (excluding diaryl/α,β-unsaturated/α-hetero) is 1. The largest absolute Gasteiger partial charge is 0.485 e. The second kappa shape index (κ2) is 5.93. The van der Waals surface area contributed by atoms with Crippen molar-refractivity contribution in [1.29, 1.82) is 0 Å². The van der Waals surface area contributed by atoms with E-state index < -0.39 is 11.6 Å². The van der Waals surface area contributed by atoms with Gasteiger partial charge in [0.05, 0.1) is 4.88 Å². The van der Waals surface area contributed by atoms with Gasteiger partial charge in [0.25, 0.3) is 0 Å². The Morgan fingerprint density at radius 1 is 1.21 bits per heavy atom. The van der Waals surface area contributed by atoms with Crippen LogP contribution in [0.3, 0.4) is 0 Å². The third kappa shape index (κ3) is 3.38. The highest BCUT2D eigenvalue weighted by atomic mass is 32.1. The monoisotopic (exact) mass is 282 g/mol. The van der Waals surface area contributed by atoms with Gasteiger partial charge in [0, 0.05) is 10.9 Å². The van der Waals surface area contributed by atoms with Gasteiger partial charge >= 0.3 is 0 Å². The molecule has 1 heterocycles. The standard InChI is InChI=1S/C14H12F2O2S/c1-2-10-4-6-14(19-10)13(17)8-18-9-3-5-11(15)12(16)7-9/h3-7H,2,8H2,1H3. The first kappa shape index (κ1) is 13.7. The van der Waals surface area contributed by atoms with Crippen molar-refractivity contribution in [2.24, 2.45) is 0 Å². The Hall–Kier alpha value is -1.75. The van der Waals surface area contributed by atoms with Crippen molar-refractivity contribution in [3.8, 4) is 5.75 Å². The summed E-state index contributed by atoms with van der Waals surface area (Å²) in [4.78, 5) is 13.5. The van der Waals surface area contributed by atoms with E-state index in [-0.39, 0.29) is 18.1 Å². The molecule has 0 saturated heterocycles. The summed E-state index contributed by atoms with van der Waals surface area (Å²) in [5.74, 6) is -1.96. The van der Waals surface area contributed by atoms with Crippen molar-refractivity contribution in [3.63, 3.8) is 0 Å². The predicted octanol–water partition coefficient (Wildman–Crippen LogP) is 3.85. The fraction of sp³-hybridized carbons (Fsp3) is 0.214. The molecule has 0 bridgehead atoms. The summed E-state index contributed by atoms with van der Waals surface area (Å²) in [7, 11) is 0. The molecule has 1 aromatic carbocycles. The number of thiophene rings is 1. The van der Waals surface area contributed by atoms with Crippen LogP contribution in [0.4, 0.5) is 8.78 Å². The molecule has 1 aromatic heterocycles. The van der Waals surface area contributed by atoms with Gasteiger partial charge in [-0.3, -0.25) is 4.79 Å². The van der Waals surface area contributed by atoms with Gasteiger partial charge in [-0.2, -0.15) is 0 Å². The number of ether oxygens (including phenoxy) is 1. The summed E-state index contributed by atoms with van der Waals surface area (Å²) in [5, 5.41) is 0. The normalized spacial score (nSPS) is 10.5. The molecule has 0 spiro atoms. The number of carbonyl (C=O) groups is 1. The van der Waals surface area contributed by atoms with Gasteiger partial charge in [0.15, 0.2) is 18.2 Å². The minimum absolute atomic E-state index is 0.138. The van der Waals surface area contributed by atoms with E-state index in [1.165, 1.54) is 17.4 Å². The Bertz CT molecular complexity index is 593. The minimum atomic E-state index is -0.991. The minimum Gasteiger partial charge on any atom is -0.485 e. The van der Waals surface area contributed by atoms with Gasteiger partial charge in [-0.05, 0) is 30.7 Å². The maximum atomic E-state index is 12.9. The molecule has 100 valence electrons. The maximum absolute atomic E-state index is 12.9. The molecule has 5 heteroatoms. The molecule has 0 aliphatic carbocycles.